The number of hydrogen-bond donors (Lipinski definition) is 0. The zero-order valence-electron chi connectivity index (χ0n) is 95.9. The van der Waals surface area contributed by atoms with Crippen LogP contribution in [-0.2, 0) is 16.2 Å². The quantitative estimate of drug-likeness (QED) is 0.100. The molecule has 0 aliphatic heterocycles. The van der Waals surface area contributed by atoms with E-state index >= 15 is 26.3 Å². The predicted octanol–water partition coefficient (Wildman–Crippen LogP) is 37.8. The van der Waals surface area contributed by atoms with Gasteiger partial charge in [0.2, 0.25) is 0 Å². The van der Waals surface area contributed by atoms with Gasteiger partial charge in [-0.3, -0.25) is 0 Å². The lowest BCUT2D eigenvalue weighted by Gasteiger charge is -2.39. The monoisotopic (exact) mass is 1970 g/mol. The Balaban J connectivity index is 0.000000127. The van der Waals surface area contributed by atoms with E-state index in [9.17, 15) is 0 Å². The average molecular weight is 1970 g/mol. The molecule has 0 heterocycles. The molecule has 26 rings (SSSR count). The van der Waals surface area contributed by atoms with E-state index in [4.69, 9.17) is 16.4 Å². The SMILES string of the molecule is [2H]c1c([2H])c([2H])c(N(c2cc(-c3ccc4c(c3)C(c3ccccc3)(c3ccccc3)c3ccccc3-4)cc(-c3ccccc3)c2F)C(C)(C)C)c(F)c1[2H].[2H]c1c([2H])c([2H])c(N(c2cc(-c3ccc4c(c3)C3(c5ccccc5-c5ccccc53)c3ccccc3-4)cc(-c3ccccc3)c2F)C(C)(C)C)c(F)c1[2H].[2H]c1c([2H])c([2H])c(N(c2cc(-c3cccc4c3C3(c5ccccc5-c5ccccc53)c3ccccc3-4)cc(-c3ccccc3)c2F)C(C)(C)C)c(F)c1[2H]. The lowest BCUT2D eigenvalue weighted by Crippen LogP contribution is -2.38. The first-order chi connectivity index (χ1) is 77.8. The number of hydrogen-bond acceptors (Lipinski definition) is 3. The fourth-order valence-electron chi connectivity index (χ4n) is 24.4. The van der Waals surface area contributed by atoms with Gasteiger partial charge in [0, 0.05) is 33.3 Å². The average Bonchev–Trinajstić information content (AvgIpc) is 1.50. The van der Waals surface area contributed by atoms with E-state index in [0.717, 1.165) is 111 Å². The maximum atomic E-state index is 17.5. The van der Waals surface area contributed by atoms with Crippen molar-refractivity contribution in [2.24, 2.45) is 0 Å². The molecule has 0 amide bonds. The molecule has 9 heteroatoms. The predicted molar refractivity (Wildman–Crippen MR) is 607 cm³/mol. The molecular formula is C141H107F6N3. The van der Waals surface area contributed by atoms with Gasteiger partial charge in [-0.25, -0.2) is 26.3 Å². The number of anilines is 6. The second-order valence-electron chi connectivity index (χ2n) is 41.7. The van der Waals surface area contributed by atoms with E-state index in [1.165, 1.54) is 42.5 Å². The van der Waals surface area contributed by atoms with Gasteiger partial charge >= 0.3 is 0 Å². The minimum Gasteiger partial charge on any atom is -0.331 e. The first-order valence-electron chi connectivity index (χ1n) is 56.4. The van der Waals surface area contributed by atoms with Crippen LogP contribution in [-0.4, -0.2) is 16.6 Å². The molecule has 150 heavy (non-hydrogen) atoms. The molecule has 21 aromatic rings. The van der Waals surface area contributed by atoms with Crippen LogP contribution in [0, 0.1) is 34.9 Å². The Hall–Kier alpha value is -17.4. The van der Waals surface area contributed by atoms with Crippen molar-refractivity contribution in [3.63, 3.8) is 0 Å². The van der Waals surface area contributed by atoms with Crippen LogP contribution in [0.2, 0.25) is 0 Å². The molecular weight excluding hydrogens is 1850 g/mol. The van der Waals surface area contributed by atoms with Crippen molar-refractivity contribution in [1.29, 1.82) is 0 Å². The number of benzene rings is 21. The molecule has 728 valence electrons. The Labute approximate surface area is 890 Å². The summed E-state index contributed by atoms with van der Waals surface area (Å²) in [5, 5.41) is 0. The number of para-hydroxylation sites is 3. The summed E-state index contributed by atoms with van der Waals surface area (Å²) < 4.78 is 202. The summed E-state index contributed by atoms with van der Waals surface area (Å²) in [6, 6.07) is 130. The lowest BCUT2D eigenvalue weighted by molar-refractivity contribution is 0.527. The minimum absolute atomic E-state index is 0.00200. The van der Waals surface area contributed by atoms with Gasteiger partial charge in [0.25, 0.3) is 0 Å². The fraction of sp³-hybridized carbons (Fsp3) is 0.106. The number of rotatable bonds is 14. The highest BCUT2D eigenvalue weighted by Gasteiger charge is 2.55. The molecule has 5 aliphatic carbocycles. The molecule has 21 aromatic carbocycles. The second-order valence-corrected chi connectivity index (χ2v) is 41.7. The third-order valence-electron chi connectivity index (χ3n) is 30.1. The molecule has 0 radical (unpaired) electrons. The Kier molecular flexibility index (Phi) is 20.3. The smallest absolute Gasteiger partial charge is 0.154 e. The summed E-state index contributed by atoms with van der Waals surface area (Å²) in [6.07, 6.45) is 0. The number of nitrogens with zero attached hydrogens (tertiary/aromatic N) is 3. The van der Waals surface area contributed by atoms with Gasteiger partial charge in [-0.15, -0.1) is 0 Å². The third kappa shape index (κ3) is 15.3. The van der Waals surface area contributed by atoms with Gasteiger partial charge in [0.05, 0.1) is 66.8 Å². The second kappa shape index (κ2) is 37.2. The van der Waals surface area contributed by atoms with Crippen LogP contribution in [0.4, 0.5) is 60.5 Å². The van der Waals surface area contributed by atoms with Crippen LogP contribution >= 0.6 is 0 Å². The van der Waals surface area contributed by atoms with E-state index in [-0.39, 0.29) is 33.8 Å². The summed E-state index contributed by atoms with van der Waals surface area (Å²) in [4.78, 5) is 4.13. The van der Waals surface area contributed by atoms with E-state index in [0.29, 0.717) is 33.4 Å². The Bertz CT molecular complexity index is 9120. The molecule has 2 spiro atoms. The van der Waals surface area contributed by atoms with Crippen LogP contribution in [0.25, 0.3) is 122 Å². The van der Waals surface area contributed by atoms with E-state index in [2.05, 4.69) is 255 Å². The van der Waals surface area contributed by atoms with Gasteiger partial charge in [-0.05, 0) is 320 Å². The highest BCUT2D eigenvalue weighted by Crippen LogP contribution is 2.68. The van der Waals surface area contributed by atoms with Crippen molar-refractivity contribution >= 4 is 34.1 Å². The van der Waals surface area contributed by atoms with Crippen LogP contribution < -0.4 is 14.7 Å². The number of halogens is 6. The summed E-state index contributed by atoms with van der Waals surface area (Å²) >= 11 is 0. The summed E-state index contributed by atoms with van der Waals surface area (Å²) in [7, 11) is 0. The van der Waals surface area contributed by atoms with Crippen LogP contribution in [0.1, 0.15) is 146 Å². The maximum Gasteiger partial charge on any atom is 0.154 e. The number of fused-ring (bicyclic) bond motifs is 23. The molecule has 5 aliphatic rings. The summed E-state index contributed by atoms with van der Waals surface area (Å²) in [5.74, 6) is -5.32. The fourth-order valence-corrected chi connectivity index (χ4v) is 24.4. The van der Waals surface area contributed by atoms with E-state index < -0.39 is 157 Å². The highest BCUT2D eigenvalue weighted by molar-refractivity contribution is 6.02. The third-order valence-corrected chi connectivity index (χ3v) is 30.1. The standard InChI is InChI=1S/2C47H35F2N.C47H37F2N/c1-46(2,3)50(42-27-14-13-26-41(42)48)43-29-31(28-37(45(43)49)30-16-5-4-6-17-30)32-21-15-22-36-35-20-9-12-25-40(35)47(44(32)36)38-23-10-7-18-33(38)34-19-8-11-24-39(34)47;1-46(2,3)50(43-24-14-13-23-42(43)48)44-29-32(27-37(45(44)49)30-15-5-4-6-16-30)31-25-26-36-35-19-9-12-22-40(35)47(41(36)28-31)38-20-10-7-17-33(38)34-18-8-11-21-39(34)47;1-46(2,3)50(43-26-16-15-25-42(43)48)44-31-34(29-39(45(44)49)32-17-7-4-8-18-32)33-27-28-38-37-23-13-14-24-40(37)47(41(38)30-33,35-19-9-5-10-20-35)36-21-11-6-12-22-36/h2*4-29H,1-3H3;4-31H,1-3H3/i13D,14D,26D,27D;13D,14D,23D,24D;15D,16D,25D,26D. The van der Waals surface area contributed by atoms with Crippen molar-refractivity contribution in [2.75, 3.05) is 14.7 Å². The van der Waals surface area contributed by atoms with Crippen molar-refractivity contribution in [1.82, 2.24) is 0 Å². The van der Waals surface area contributed by atoms with Gasteiger partial charge in [0.15, 0.2) is 17.5 Å². The molecule has 0 saturated heterocycles. The lowest BCUT2D eigenvalue weighted by atomic mass is 9.67. The zero-order chi connectivity index (χ0) is 113. The molecule has 0 N–H and O–H groups in total. The molecule has 3 nitrogen and oxygen atoms in total. The van der Waals surface area contributed by atoms with E-state index in [1.54, 1.807) is 80.5 Å². The largest absolute Gasteiger partial charge is 0.331 e. The van der Waals surface area contributed by atoms with Crippen LogP contribution in [0.5, 0.6) is 0 Å². The molecule has 0 atom stereocenters. The van der Waals surface area contributed by atoms with Crippen molar-refractivity contribution in [3.8, 4) is 122 Å². The first-order valence-corrected chi connectivity index (χ1v) is 50.4. The van der Waals surface area contributed by atoms with Crippen molar-refractivity contribution in [3.05, 3.63) is 587 Å². The highest BCUT2D eigenvalue weighted by atomic mass is 19.1. The molecule has 0 saturated carbocycles. The normalized spacial score (nSPS) is 14.4. The van der Waals surface area contributed by atoms with Crippen LogP contribution in [0.15, 0.2) is 485 Å². The summed E-state index contributed by atoms with van der Waals surface area (Å²) in [6.45, 7) is 15.9. The van der Waals surface area contributed by atoms with Gasteiger partial charge < -0.3 is 14.7 Å². The molecule has 0 unspecified atom stereocenters. The minimum atomic E-state index is -1.15. The van der Waals surface area contributed by atoms with Crippen LogP contribution in [0.3, 0.4) is 0 Å². The Morgan fingerprint density at radius 2 is 0.420 bits per heavy atom. The maximum absolute atomic E-state index is 17.5. The van der Waals surface area contributed by atoms with Crippen molar-refractivity contribution < 1.29 is 42.8 Å². The van der Waals surface area contributed by atoms with Gasteiger partial charge in [0.1, 0.15) is 17.5 Å². The first kappa shape index (κ1) is 81.8. The Morgan fingerprint density at radius 3 is 0.740 bits per heavy atom. The molecule has 0 bridgehead atoms. The molecule has 0 aromatic heterocycles. The van der Waals surface area contributed by atoms with Gasteiger partial charge in [-0.1, -0.05) is 400 Å². The topological polar surface area (TPSA) is 9.72 Å². The molecule has 0 fully saturated rings. The van der Waals surface area contributed by atoms with E-state index in [1.807, 2.05) is 140 Å². The zero-order valence-corrected chi connectivity index (χ0v) is 83.9. The Morgan fingerprint density at radius 1 is 0.180 bits per heavy atom. The van der Waals surface area contributed by atoms with Gasteiger partial charge in [-0.2, -0.15) is 0 Å². The van der Waals surface area contributed by atoms with Crippen molar-refractivity contribution in [2.45, 2.75) is 95.2 Å². The summed E-state index contributed by atoms with van der Waals surface area (Å²) in [5.41, 5.74) is 26.0.